The van der Waals surface area contributed by atoms with Crippen LogP contribution >= 0.6 is 0 Å². The predicted octanol–water partition coefficient (Wildman–Crippen LogP) is 2.21. The van der Waals surface area contributed by atoms with Gasteiger partial charge in [-0.05, 0) is 30.7 Å². The molecule has 0 unspecified atom stereocenters. The van der Waals surface area contributed by atoms with Crippen LogP contribution in [0.25, 0.3) is 23.1 Å². The molecule has 3 aromatic heterocycles. The maximum atomic E-state index is 9.69. The van der Waals surface area contributed by atoms with E-state index in [1.54, 1.807) is 18.5 Å². The van der Waals surface area contributed by atoms with Gasteiger partial charge in [0.1, 0.15) is 11.4 Å². The van der Waals surface area contributed by atoms with Gasteiger partial charge in [-0.1, -0.05) is 11.2 Å². The lowest BCUT2D eigenvalue weighted by atomic mass is 10.2. The Bertz CT molecular complexity index is 664. The minimum atomic E-state index is -0.00422. The molecule has 3 rings (SSSR count). The molecule has 0 atom stereocenters. The highest BCUT2D eigenvalue weighted by Gasteiger charge is 2.16. The Morgan fingerprint density at radius 2 is 1.79 bits per heavy atom. The summed E-state index contributed by atoms with van der Waals surface area (Å²) in [5.41, 5.74) is 1.85. The molecular formula is C13H10N4O2. The van der Waals surface area contributed by atoms with Gasteiger partial charge in [-0.3, -0.25) is 4.98 Å². The SMILES string of the molecule is Cc1cccnc1-c1noc(-c2ncccc2O)n1. The van der Waals surface area contributed by atoms with Gasteiger partial charge in [0.05, 0.1) is 0 Å². The summed E-state index contributed by atoms with van der Waals surface area (Å²) in [7, 11) is 0. The van der Waals surface area contributed by atoms with E-state index in [1.165, 1.54) is 6.07 Å². The minimum Gasteiger partial charge on any atom is -0.505 e. The molecule has 6 heteroatoms. The molecule has 0 saturated carbocycles. The molecular weight excluding hydrogens is 244 g/mol. The molecule has 1 N–H and O–H groups in total. The third kappa shape index (κ3) is 2.03. The fraction of sp³-hybridized carbons (Fsp3) is 0.0769. The number of aromatic nitrogens is 4. The summed E-state index contributed by atoms with van der Waals surface area (Å²) in [4.78, 5) is 12.4. The number of hydrogen-bond donors (Lipinski definition) is 1. The number of hydrogen-bond acceptors (Lipinski definition) is 6. The summed E-state index contributed by atoms with van der Waals surface area (Å²) in [5, 5.41) is 13.6. The molecule has 0 bridgehead atoms. The van der Waals surface area contributed by atoms with Crippen molar-refractivity contribution in [1.29, 1.82) is 0 Å². The number of pyridine rings is 2. The average Bonchev–Trinajstić information content (AvgIpc) is 2.89. The fourth-order valence-electron chi connectivity index (χ4n) is 1.70. The first-order valence-corrected chi connectivity index (χ1v) is 5.66. The summed E-state index contributed by atoms with van der Waals surface area (Å²) in [6, 6.07) is 6.89. The number of rotatable bonds is 2. The van der Waals surface area contributed by atoms with Crippen molar-refractivity contribution in [2.75, 3.05) is 0 Å². The van der Waals surface area contributed by atoms with Crippen LogP contribution in [0.2, 0.25) is 0 Å². The van der Waals surface area contributed by atoms with Crippen LogP contribution in [0, 0.1) is 6.92 Å². The average molecular weight is 254 g/mol. The van der Waals surface area contributed by atoms with E-state index in [4.69, 9.17) is 4.52 Å². The quantitative estimate of drug-likeness (QED) is 0.754. The summed E-state index contributed by atoms with van der Waals surface area (Å²) in [6.07, 6.45) is 3.21. The molecule has 0 aliphatic carbocycles. The molecule has 0 spiro atoms. The van der Waals surface area contributed by atoms with Crippen molar-refractivity contribution < 1.29 is 9.63 Å². The highest BCUT2D eigenvalue weighted by molar-refractivity contribution is 5.60. The summed E-state index contributed by atoms with van der Waals surface area (Å²) in [6.45, 7) is 1.91. The van der Waals surface area contributed by atoms with Crippen molar-refractivity contribution in [2.45, 2.75) is 6.92 Å². The van der Waals surface area contributed by atoms with Gasteiger partial charge in [0.25, 0.3) is 5.89 Å². The Morgan fingerprint density at radius 3 is 2.53 bits per heavy atom. The second-order valence-electron chi connectivity index (χ2n) is 3.96. The van der Waals surface area contributed by atoms with Crippen molar-refractivity contribution in [3.8, 4) is 28.9 Å². The molecule has 3 heterocycles. The van der Waals surface area contributed by atoms with Gasteiger partial charge < -0.3 is 9.63 Å². The van der Waals surface area contributed by atoms with E-state index >= 15 is 0 Å². The Labute approximate surface area is 108 Å². The summed E-state index contributed by atoms with van der Waals surface area (Å²) < 4.78 is 5.12. The second kappa shape index (κ2) is 4.49. The number of aryl methyl sites for hydroxylation is 1. The van der Waals surface area contributed by atoms with Crippen LogP contribution in [-0.2, 0) is 0 Å². The maximum Gasteiger partial charge on any atom is 0.280 e. The van der Waals surface area contributed by atoms with Gasteiger partial charge in [0, 0.05) is 12.4 Å². The van der Waals surface area contributed by atoms with Gasteiger partial charge in [0.15, 0.2) is 5.69 Å². The van der Waals surface area contributed by atoms with Gasteiger partial charge in [-0.25, -0.2) is 4.98 Å². The lowest BCUT2D eigenvalue weighted by Crippen LogP contribution is -1.89. The van der Waals surface area contributed by atoms with E-state index in [9.17, 15) is 5.11 Å². The molecule has 0 radical (unpaired) electrons. The van der Waals surface area contributed by atoms with E-state index in [2.05, 4.69) is 20.1 Å². The zero-order valence-electron chi connectivity index (χ0n) is 10.1. The van der Waals surface area contributed by atoms with Crippen LogP contribution < -0.4 is 0 Å². The zero-order chi connectivity index (χ0) is 13.2. The van der Waals surface area contributed by atoms with Crippen LogP contribution in [0.3, 0.4) is 0 Å². The van der Waals surface area contributed by atoms with Crippen molar-refractivity contribution in [1.82, 2.24) is 20.1 Å². The smallest absolute Gasteiger partial charge is 0.280 e. The standard InChI is InChI=1S/C13H10N4O2/c1-8-4-2-6-14-10(8)12-16-13(19-17-12)11-9(18)5-3-7-15-11/h2-7,18H,1H3. The van der Waals surface area contributed by atoms with Crippen molar-refractivity contribution in [3.63, 3.8) is 0 Å². The Balaban J connectivity index is 2.06. The maximum absolute atomic E-state index is 9.69. The molecule has 6 nitrogen and oxygen atoms in total. The molecule has 0 aromatic carbocycles. The highest BCUT2D eigenvalue weighted by Crippen LogP contribution is 2.26. The fourth-order valence-corrected chi connectivity index (χ4v) is 1.70. The number of aromatic hydroxyl groups is 1. The normalized spacial score (nSPS) is 10.6. The molecule has 0 aliphatic heterocycles. The third-order valence-corrected chi connectivity index (χ3v) is 2.64. The first kappa shape index (κ1) is 11.3. The van der Waals surface area contributed by atoms with Crippen LogP contribution in [0.4, 0.5) is 0 Å². The highest BCUT2D eigenvalue weighted by atomic mass is 16.5. The molecule has 3 aromatic rings. The van der Waals surface area contributed by atoms with E-state index in [0.717, 1.165) is 5.56 Å². The zero-order valence-corrected chi connectivity index (χ0v) is 10.1. The van der Waals surface area contributed by atoms with Crippen LogP contribution in [-0.4, -0.2) is 25.2 Å². The Hall–Kier alpha value is -2.76. The van der Waals surface area contributed by atoms with E-state index in [-0.39, 0.29) is 17.3 Å². The Kier molecular flexibility index (Phi) is 2.68. The van der Waals surface area contributed by atoms with Crippen molar-refractivity contribution >= 4 is 0 Å². The first-order valence-electron chi connectivity index (χ1n) is 5.66. The molecule has 19 heavy (non-hydrogen) atoms. The lowest BCUT2D eigenvalue weighted by Gasteiger charge is -1.97. The molecule has 0 aliphatic rings. The van der Waals surface area contributed by atoms with E-state index in [0.29, 0.717) is 11.5 Å². The summed E-state index contributed by atoms with van der Waals surface area (Å²) in [5.74, 6) is 0.534. The molecule has 0 fully saturated rings. The van der Waals surface area contributed by atoms with E-state index in [1.807, 2.05) is 19.1 Å². The topological polar surface area (TPSA) is 84.9 Å². The summed E-state index contributed by atoms with van der Waals surface area (Å²) >= 11 is 0. The van der Waals surface area contributed by atoms with Gasteiger partial charge in [-0.2, -0.15) is 4.98 Å². The van der Waals surface area contributed by atoms with E-state index < -0.39 is 0 Å². The van der Waals surface area contributed by atoms with Gasteiger partial charge >= 0.3 is 0 Å². The Morgan fingerprint density at radius 1 is 1.05 bits per heavy atom. The first-order chi connectivity index (χ1) is 9.25. The minimum absolute atomic E-state index is 0.00422. The lowest BCUT2D eigenvalue weighted by molar-refractivity contribution is 0.423. The molecule has 0 amide bonds. The monoisotopic (exact) mass is 254 g/mol. The van der Waals surface area contributed by atoms with Gasteiger partial charge in [0.2, 0.25) is 5.82 Å². The third-order valence-electron chi connectivity index (χ3n) is 2.64. The van der Waals surface area contributed by atoms with Crippen molar-refractivity contribution in [3.05, 3.63) is 42.2 Å². The molecule has 94 valence electrons. The second-order valence-corrected chi connectivity index (χ2v) is 3.96. The molecule has 0 saturated heterocycles. The predicted molar refractivity (Wildman–Crippen MR) is 67.2 cm³/mol. The number of nitrogens with zero attached hydrogens (tertiary/aromatic N) is 4. The largest absolute Gasteiger partial charge is 0.505 e. The van der Waals surface area contributed by atoms with Crippen LogP contribution in [0.15, 0.2) is 41.2 Å². The van der Waals surface area contributed by atoms with Gasteiger partial charge in [-0.15, -0.1) is 0 Å². The van der Waals surface area contributed by atoms with Crippen LogP contribution in [0.1, 0.15) is 5.56 Å². The van der Waals surface area contributed by atoms with Crippen molar-refractivity contribution in [2.24, 2.45) is 0 Å². The van der Waals surface area contributed by atoms with Crippen LogP contribution in [0.5, 0.6) is 5.75 Å².